The summed E-state index contributed by atoms with van der Waals surface area (Å²) < 4.78 is 28.3. The Labute approximate surface area is 199 Å². The Balaban J connectivity index is 1.50. The highest BCUT2D eigenvalue weighted by molar-refractivity contribution is 5.84. The number of ether oxygens (including phenoxy) is 2. The zero-order valence-electron chi connectivity index (χ0n) is 20.1. The number of aryl methyl sites for hydroxylation is 1. The standard InChI is InChI=1S/C27H31FN4O2/c1-18-25-17-29-23-7-5-21(16-24(23)32(25)27(30-18)19-9-13-33-14-10-19)20-6-8-26(22(28)15-20)34-12-4-11-31(2)3/h5-8,15-17,19H,4,9-14H2,1-3H3. The molecule has 1 aliphatic heterocycles. The van der Waals surface area contributed by atoms with E-state index >= 15 is 0 Å². The van der Waals surface area contributed by atoms with Gasteiger partial charge in [-0.2, -0.15) is 0 Å². The number of rotatable bonds is 7. The summed E-state index contributed by atoms with van der Waals surface area (Å²) >= 11 is 0. The van der Waals surface area contributed by atoms with Gasteiger partial charge < -0.3 is 14.4 Å². The third-order valence-electron chi connectivity index (χ3n) is 6.52. The predicted molar refractivity (Wildman–Crippen MR) is 132 cm³/mol. The van der Waals surface area contributed by atoms with Gasteiger partial charge in [0, 0.05) is 25.7 Å². The van der Waals surface area contributed by atoms with Crippen molar-refractivity contribution >= 4 is 16.6 Å². The van der Waals surface area contributed by atoms with E-state index in [1.54, 1.807) is 12.1 Å². The normalized spacial score (nSPS) is 15.0. The molecule has 0 radical (unpaired) electrons. The highest BCUT2D eigenvalue weighted by Gasteiger charge is 2.23. The van der Waals surface area contributed by atoms with Crippen LogP contribution in [0, 0.1) is 12.7 Å². The number of aromatic nitrogens is 3. The van der Waals surface area contributed by atoms with Crippen LogP contribution in [0.4, 0.5) is 4.39 Å². The summed E-state index contributed by atoms with van der Waals surface area (Å²) in [5, 5.41) is 0. The molecule has 0 saturated carbocycles. The van der Waals surface area contributed by atoms with Gasteiger partial charge in [-0.15, -0.1) is 0 Å². The van der Waals surface area contributed by atoms with Gasteiger partial charge in [0.1, 0.15) is 5.82 Å². The van der Waals surface area contributed by atoms with E-state index in [4.69, 9.17) is 14.5 Å². The molecule has 3 heterocycles. The number of hydrogen-bond donors (Lipinski definition) is 0. The summed E-state index contributed by atoms with van der Waals surface area (Å²) in [5.74, 6) is 1.36. The second kappa shape index (κ2) is 9.68. The molecule has 1 saturated heterocycles. The molecule has 178 valence electrons. The van der Waals surface area contributed by atoms with Crippen molar-refractivity contribution in [3.05, 3.63) is 59.9 Å². The van der Waals surface area contributed by atoms with Gasteiger partial charge in [0.05, 0.1) is 35.0 Å². The average molecular weight is 463 g/mol. The molecule has 0 atom stereocenters. The lowest BCUT2D eigenvalue weighted by molar-refractivity contribution is 0.0835. The van der Waals surface area contributed by atoms with Gasteiger partial charge in [0.25, 0.3) is 0 Å². The van der Waals surface area contributed by atoms with Crippen LogP contribution >= 0.6 is 0 Å². The number of benzene rings is 2. The molecule has 4 aromatic rings. The molecule has 0 bridgehead atoms. The Morgan fingerprint density at radius 2 is 1.85 bits per heavy atom. The van der Waals surface area contributed by atoms with Crippen LogP contribution in [0.3, 0.4) is 0 Å². The quantitative estimate of drug-likeness (QED) is 0.353. The van der Waals surface area contributed by atoms with Crippen LogP contribution in [-0.4, -0.2) is 59.7 Å². The van der Waals surface area contributed by atoms with Crippen molar-refractivity contribution in [2.75, 3.05) is 40.5 Å². The third-order valence-corrected chi connectivity index (χ3v) is 6.52. The minimum absolute atomic E-state index is 0.291. The molecule has 6 nitrogen and oxygen atoms in total. The van der Waals surface area contributed by atoms with Crippen molar-refractivity contribution < 1.29 is 13.9 Å². The van der Waals surface area contributed by atoms with E-state index in [0.717, 1.165) is 78.2 Å². The molecule has 7 heteroatoms. The molecule has 1 aliphatic rings. The molecule has 34 heavy (non-hydrogen) atoms. The number of hydrogen-bond acceptors (Lipinski definition) is 5. The summed E-state index contributed by atoms with van der Waals surface area (Å²) in [6.45, 7) is 4.94. The topological polar surface area (TPSA) is 51.9 Å². The van der Waals surface area contributed by atoms with E-state index in [1.807, 2.05) is 45.4 Å². The Hall–Kier alpha value is -3.03. The summed E-state index contributed by atoms with van der Waals surface area (Å²) in [6.07, 6.45) is 4.67. The Bertz CT molecular complexity index is 1310. The summed E-state index contributed by atoms with van der Waals surface area (Å²) in [6, 6.07) is 11.3. The number of imidazole rings is 1. The Morgan fingerprint density at radius 1 is 1.09 bits per heavy atom. The van der Waals surface area contributed by atoms with E-state index in [9.17, 15) is 4.39 Å². The van der Waals surface area contributed by atoms with E-state index in [-0.39, 0.29) is 5.82 Å². The molecular formula is C27H31FN4O2. The largest absolute Gasteiger partial charge is 0.490 e. The van der Waals surface area contributed by atoms with Crippen LogP contribution < -0.4 is 4.74 Å². The first-order valence-corrected chi connectivity index (χ1v) is 11.9. The second-order valence-electron chi connectivity index (χ2n) is 9.27. The molecule has 0 unspecified atom stereocenters. The second-order valence-corrected chi connectivity index (χ2v) is 9.27. The first-order chi connectivity index (χ1) is 16.5. The van der Waals surface area contributed by atoms with Gasteiger partial charge in [-0.3, -0.25) is 9.38 Å². The average Bonchev–Trinajstić information content (AvgIpc) is 3.19. The minimum atomic E-state index is -0.347. The van der Waals surface area contributed by atoms with E-state index in [1.165, 1.54) is 0 Å². The summed E-state index contributed by atoms with van der Waals surface area (Å²) in [7, 11) is 4.03. The van der Waals surface area contributed by atoms with Crippen molar-refractivity contribution in [2.24, 2.45) is 0 Å². The van der Waals surface area contributed by atoms with Crippen LogP contribution in [0.15, 0.2) is 42.6 Å². The van der Waals surface area contributed by atoms with E-state index in [0.29, 0.717) is 18.3 Å². The van der Waals surface area contributed by atoms with Gasteiger partial charge in [0.15, 0.2) is 11.6 Å². The van der Waals surface area contributed by atoms with Crippen molar-refractivity contribution in [1.82, 2.24) is 19.3 Å². The number of nitrogens with zero attached hydrogens (tertiary/aromatic N) is 4. The molecule has 0 amide bonds. The van der Waals surface area contributed by atoms with Crippen molar-refractivity contribution in [3.8, 4) is 16.9 Å². The maximum Gasteiger partial charge on any atom is 0.165 e. The maximum atomic E-state index is 14.8. The lowest BCUT2D eigenvalue weighted by Gasteiger charge is -2.21. The number of halogens is 1. The first-order valence-electron chi connectivity index (χ1n) is 11.9. The fourth-order valence-electron chi connectivity index (χ4n) is 4.68. The van der Waals surface area contributed by atoms with Gasteiger partial charge in [-0.1, -0.05) is 12.1 Å². The van der Waals surface area contributed by atoms with Gasteiger partial charge in [0.2, 0.25) is 0 Å². The van der Waals surface area contributed by atoms with Gasteiger partial charge >= 0.3 is 0 Å². The van der Waals surface area contributed by atoms with E-state index in [2.05, 4.69) is 20.4 Å². The minimum Gasteiger partial charge on any atom is -0.490 e. The lowest BCUT2D eigenvalue weighted by Crippen LogP contribution is -2.16. The van der Waals surface area contributed by atoms with Crippen LogP contribution in [0.25, 0.3) is 27.7 Å². The summed E-state index contributed by atoms with van der Waals surface area (Å²) in [4.78, 5) is 11.7. The van der Waals surface area contributed by atoms with Crippen LogP contribution in [0.2, 0.25) is 0 Å². The van der Waals surface area contributed by atoms with Crippen molar-refractivity contribution in [1.29, 1.82) is 0 Å². The van der Waals surface area contributed by atoms with Crippen molar-refractivity contribution in [2.45, 2.75) is 32.1 Å². The zero-order chi connectivity index (χ0) is 23.7. The molecular weight excluding hydrogens is 431 g/mol. The smallest absolute Gasteiger partial charge is 0.165 e. The predicted octanol–water partition coefficient (Wildman–Crippen LogP) is 5.22. The monoisotopic (exact) mass is 462 g/mol. The fraction of sp³-hybridized carbons (Fsp3) is 0.407. The summed E-state index contributed by atoms with van der Waals surface area (Å²) in [5.41, 5.74) is 5.61. The molecule has 1 fully saturated rings. The molecule has 0 N–H and O–H groups in total. The third kappa shape index (κ3) is 4.50. The zero-order valence-corrected chi connectivity index (χ0v) is 20.1. The Morgan fingerprint density at radius 3 is 2.62 bits per heavy atom. The molecule has 0 spiro atoms. The molecule has 0 aliphatic carbocycles. The first kappa shape index (κ1) is 22.7. The van der Waals surface area contributed by atoms with Crippen LogP contribution in [-0.2, 0) is 4.74 Å². The maximum absolute atomic E-state index is 14.8. The highest BCUT2D eigenvalue weighted by Crippen LogP contribution is 2.32. The molecule has 2 aromatic heterocycles. The lowest BCUT2D eigenvalue weighted by atomic mass is 9.99. The highest BCUT2D eigenvalue weighted by atomic mass is 19.1. The number of fused-ring (bicyclic) bond motifs is 3. The van der Waals surface area contributed by atoms with Crippen LogP contribution in [0.5, 0.6) is 5.75 Å². The van der Waals surface area contributed by atoms with Crippen molar-refractivity contribution in [3.63, 3.8) is 0 Å². The molecule has 2 aromatic carbocycles. The van der Waals surface area contributed by atoms with E-state index < -0.39 is 0 Å². The Kier molecular flexibility index (Phi) is 6.48. The van der Waals surface area contributed by atoms with Crippen LogP contribution in [0.1, 0.15) is 36.7 Å². The van der Waals surface area contributed by atoms with Gasteiger partial charge in [-0.25, -0.2) is 9.37 Å². The SMILES string of the molecule is Cc1nc(C2CCOCC2)n2c1cnc1ccc(-c3ccc(OCCCN(C)C)c(F)c3)cc12. The van der Waals surface area contributed by atoms with Gasteiger partial charge in [-0.05, 0) is 75.7 Å². The molecule has 5 rings (SSSR count). The fourth-order valence-corrected chi connectivity index (χ4v) is 4.68.